The quantitative estimate of drug-likeness (QED) is 0.666. The van der Waals surface area contributed by atoms with Gasteiger partial charge in [0.25, 0.3) is 0 Å². The Hall–Kier alpha value is -0.0800. The maximum Gasteiger partial charge on any atom is 0.0615 e. The maximum atomic E-state index is 9.89. The van der Waals surface area contributed by atoms with Gasteiger partial charge in [-0.1, -0.05) is 47.0 Å². The van der Waals surface area contributed by atoms with Gasteiger partial charge in [0.15, 0.2) is 0 Å². The normalized spacial score (nSPS) is 16.7. The first-order valence-corrected chi connectivity index (χ1v) is 5.75. The second-order valence-electron chi connectivity index (χ2n) is 4.89. The lowest BCUT2D eigenvalue weighted by Crippen LogP contribution is -2.36. The van der Waals surface area contributed by atoms with E-state index in [0.29, 0.717) is 12.3 Å². The van der Waals surface area contributed by atoms with Gasteiger partial charge in [-0.25, -0.2) is 0 Å². The number of aliphatic hydroxyl groups is 2. The van der Waals surface area contributed by atoms with Crippen LogP contribution in [-0.4, -0.2) is 22.9 Å². The first-order chi connectivity index (χ1) is 6.46. The van der Waals surface area contributed by atoms with Gasteiger partial charge >= 0.3 is 0 Å². The van der Waals surface area contributed by atoms with Crippen molar-refractivity contribution in [1.29, 1.82) is 0 Å². The van der Waals surface area contributed by atoms with Gasteiger partial charge in [-0.2, -0.15) is 0 Å². The SMILES string of the molecule is CCCCC(C)C(C)(C)C(O)CCO. The molecule has 2 atom stereocenters. The molecule has 0 spiro atoms. The van der Waals surface area contributed by atoms with Crippen LogP contribution in [0.25, 0.3) is 0 Å². The van der Waals surface area contributed by atoms with Crippen LogP contribution in [0, 0.1) is 11.3 Å². The second kappa shape index (κ2) is 6.41. The summed E-state index contributed by atoms with van der Waals surface area (Å²) in [5.41, 5.74) is -0.0854. The van der Waals surface area contributed by atoms with Crippen molar-refractivity contribution in [2.24, 2.45) is 11.3 Å². The van der Waals surface area contributed by atoms with E-state index in [1.807, 2.05) is 0 Å². The molecule has 2 N–H and O–H groups in total. The molecule has 0 aromatic heterocycles. The molecule has 14 heavy (non-hydrogen) atoms. The lowest BCUT2D eigenvalue weighted by atomic mass is 9.72. The van der Waals surface area contributed by atoms with Crippen LogP contribution in [0.1, 0.15) is 53.4 Å². The highest BCUT2D eigenvalue weighted by Gasteiger charge is 2.32. The number of hydrogen-bond acceptors (Lipinski definition) is 2. The molecule has 2 unspecified atom stereocenters. The molecule has 0 aromatic carbocycles. The highest BCUT2D eigenvalue weighted by molar-refractivity contribution is 4.82. The molecule has 0 bridgehead atoms. The standard InChI is InChI=1S/C12H26O2/c1-5-6-7-10(2)12(3,4)11(14)8-9-13/h10-11,13-14H,5-9H2,1-4H3. The van der Waals surface area contributed by atoms with Crippen LogP contribution in [-0.2, 0) is 0 Å². The third kappa shape index (κ3) is 3.97. The summed E-state index contributed by atoms with van der Waals surface area (Å²) in [5, 5.41) is 18.7. The van der Waals surface area contributed by atoms with E-state index in [4.69, 9.17) is 5.11 Å². The topological polar surface area (TPSA) is 40.5 Å². The molecule has 0 aliphatic rings. The molecule has 0 saturated heterocycles. The van der Waals surface area contributed by atoms with Gasteiger partial charge < -0.3 is 10.2 Å². The lowest BCUT2D eigenvalue weighted by molar-refractivity contribution is -0.00681. The Morgan fingerprint density at radius 3 is 2.21 bits per heavy atom. The summed E-state index contributed by atoms with van der Waals surface area (Å²) in [5.74, 6) is 0.504. The number of aliphatic hydroxyl groups excluding tert-OH is 2. The molecule has 0 saturated carbocycles. The summed E-state index contributed by atoms with van der Waals surface area (Å²) in [6.07, 6.45) is 3.68. The smallest absolute Gasteiger partial charge is 0.0615 e. The summed E-state index contributed by atoms with van der Waals surface area (Å²) in [4.78, 5) is 0. The molecule has 0 rings (SSSR count). The van der Waals surface area contributed by atoms with Crippen LogP contribution in [0.15, 0.2) is 0 Å². The Kier molecular flexibility index (Phi) is 6.38. The van der Waals surface area contributed by atoms with E-state index in [0.717, 1.165) is 6.42 Å². The third-order valence-electron chi connectivity index (χ3n) is 3.52. The molecule has 2 heteroatoms. The average Bonchev–Trinajstić information content (AvgIpc) is 2.14. The molecule has 86 valence electrons. The van der Waals surface area contributed by atoms with E-state index in [1.54, 1.807) is 0 Å². The van der Waals surface area contributed by atoms with Crippen molar-refractivity contribution < 1.29 is 10.2 Å². The predicted molar refractivity (Wildman–Crippen MR) is 60.2 cm³/mol. The maximum absolute atomic E-state index is 9.89. The average molecular weight is 202 g/mol. The lowest BCUT2D eigenvalue weighted by Gasteiger charge is -2.36. The molecular formula is C12H26O2. The van der Waals surface area contributed by atoms with Crippen molar-refractivity contribution in [1.82, 2.24) is 0 Å². The van der Waals surface area contributed by atoms with Gasteiger partial charge in [0.05, 0.1) is 6.10 Å². The van der Waals surface area contributed by atoms with Crippen LogP contribution in [0.4, 0.5) is 0 Å². The van der Waals surface area contributed by atoms with Crippen molar-refractivity contribution >= 4 is 0 Å². The van der Waals surface area contributed by atoms with Crippen LogP contribution < -0.4 is 0 Å². The van der Waals surface area contributed by atoms with Crippen molar-refractivity contribution in [2.75, 3.05) is 6.61 Å². The van der Waals surface area contributed by atoms with Gasteiger partial charge in [-0.3, -0.25) is 0 Å². The third-order valence-corrected chi connectivity index (χ3v) is 3.52. The molecule has 0 amide bonds. The number of unbranched alkanes of at least 4 members (excludes halogenated alkanes) is 1. The zero-order chi connectivity index (χ0) is 11.2. The van der Waals surface area contributed by atoms with Crippen LogP contribution in [0.2, 0.25) is 0 Å². The number of rotatable bonds is 7. The summed E-state index contributed by atoms with van der Waals surface area (Å²) >= 11 is 0. The van der Waals surface area contributed by atoms with Crippen LogP contribution in [0.3, 0.4) is 0 Å². The summed E-state index contributed by atoms with van der Waals surface area (Å²) in [7, 11) is 0. The van der Waals surface area contributed by atoms with Crippen molar-refractivity contribution in [3.8, 4) is 0 Å². The minimum absolute atomic E-state index is 0.0745. The molecule has 0 heterocycles. The highest BCUT2D eigenvalue weighted by Crippen LogP contribution is 2.35. The molecule has 0 radical (unpaired) electrons. The van der Waals surface area contributed by atoms with Gasteiger partial charge in [0.1, 0.15) is 0 Å². The first kappa shape index (κ1) is 13.9. The minimum Gasteiger partial charge on any atom is -0.396 e. The van der Waals surface area contributed by atoms with Gasteiger partial charge in [0, 0.05) is 6.61 Å². The minimum atomic E-state index is -0.389. The Morgan fingerprint density at radius 1 is 1.21 bits per heavy atom. The van der Waals surface area contributed by atoms with Crippen LogP contribution in [0.5, 0.6) is 0 Å². The van der Waals surface area contributed by atoms with E-state index in [-0.39, 0.29) is 18.1 Å². The van der Waals surface area contributed by atoms with Crippen molar-refractivity contribution in [3.05, 3.63) is 0 Å². The van der Waals surface area contributed by atoms with Gasteiger partial charge in [-0.05, 0) is 17.8 Å². The van der Waals surface area contributed by atoms with E-state index in [1.165, 1.54) is 12.8 Å². The van der Waals surface area contributed by atoms with Crippen molar-refractivity contribution in [3.63, 3.8) is 0 Å². The van der Waals surface area contributed by atoms with E-state index >= 15 is 0 Å². The first-order valence-electron chi connectivity index (χ1n) is 5.75. The summed E-state index contributed by atoms with van der Waals surface area (Å²) in [6, 6.07) is 0. The molecule has 2 nitrogen and oxygen atoms in total. The van der Waals surface area contributed by atoms with E-state index in [9.17, 15) is 5.11 Å². The van der Waals surface area contributed by atoms with Gasteiger partial charge in [0.2, 0.25) is 0 Å². The fourth-order valence-electron chi connectivity index (χ4n) is 1.71. The zero-order valence-electron chi connectivity index (χ0n) is 10.1. The van der Waals surface area contributed by atoms with Crippen molar-refractivity contribution in [2.45, 2.75) is 59.5 Å². The summed E-state index contributed by atoms with van der Waals surface area (Å²) < 4.78 is 0. The fourth-order valence-corrected chi connectivity index (χ4v) is 1.71. The number of hydrogen-bond donors (Lipinski definition) is 2. The van der Waals surface area contributed by atoms with Crippen LogP contribution >= 0.6 is 0 Å². The monoisotopic (exact) mass is 202 g/mol. The van der Waals surface area contributed by atoms with E-state index in [2.05, 4.69) is 27.7 Å². The van der Waals surface area contributed by atoms with E-state index < -0.39 is 0 Å². The Bertz CT molecular complexity index is 143. The predicted octanol–water partition coefficient (Wildman–Crippen LogP) is 2.58. The molecule has 0 fully saturated rings. The Balaban J connectivity index is 4.12. The summed E-state index contributed by atoms with van der Waals surface area (Å²) in [6.45, 7) is 8.63. The molecule has 0 aliphatic heterocycles. The van der Waals surface area contributed by atoms with Gasteiger partial charge in [-0.15, -0.1) is 0 Å². The molecular weight excluding hydrogens is 176 g/mol. The Morgan fingerprint density at radius 2 is 1.79 bits per heavy atom. The highest BCUT2D eigenvalue weighted by atomic mass is 16.3. The zero-order valence-corrected chi connectivity index (χ0v) is 10.1. The molecule has 0 aliphatic carbocycles. The second-order valence-corrected chi connectivity index (χ2v) is 4.89. The fraction of sp³-hybridized carbons (Fsp3) is 1.00. The largest absolute Gasteiger partial charge is 0.396 e. The molecule has 0 aromatic rings. The Labute approximate surface area is 88.3 Å².